The quantitative estimate of drug-likeness (QED) is 0.773. The zero-order valence-corrected chi connectivity index (χ0v) is 11.9. The van der Waals surface area contributed by atoms with E-state index in [1.165, 1.54) is 0 Å². The Hall–Kier alpha value is -1.03. The molecule has 1 aromatic heterocycles. The highest BCUT2D eigenvalue weighted by molar-refractivity contribution is 6.21. The Bertz CT molecular complexity index is 443. The Kier molecular flexibility index (Phi) is 3.95. The maximum absolute atomic E-state index is 12.5. The molecule has 100 valence electrons. The predicted molar refractivity (Wildman–Crippen MR) is 72.0 cm³/mol. The summed E-state index contributed by atoms with van der Waals surface area (Å²) in [5, 5.41) is 4.37. The Morgan fingerprint density at radius 3 is 2.94 bits per heavy atom. The number of amides is 1. The number of halogens is 1. The third kappa shape index (κ3) is 2.53. The van der Waals surface area contributed by atoms with Crippen molar-refractivity contribution in [3.05, 3.63) is 17.5 Å². The van der Waals surface area contributed by atoms with Gasteiger partial charge in [0, 0.05) is 19.6 Å². The normalized spacial score (nSPS) is 24.3. The van der Waals surface area contributed by atoms with Gasteiger partial charge >= 0.3 is 0 Å². The molecule has 1 aliphatic heterocycles. The Labute approximate surface area is 113 Å². The van der Waals surface area contributed by atoms with Crippen molar-refractivity contribution < 1.29 is 4.79 Å². The molecule has 0 bridgehead atoms. The van der Waals surface area contributed by atoms with Gasteiger partial charge in [0.15, 0.2) is 0 Å². The highest BCUT2D eigenvalue weighted by atomic mass is 35.5. The van der Waals surface area contributed by atoms with Crippen molar-refractivity contribution in [3.8, 4) is 0 Å². The van der Waals surface area contributed by atoms with Gasteiger partial charge in [-0.2, -0.15) is 5.10 Å². The first-order chi connectivity index (χ1) is 8.52. The highest BCUT2D eigenvalue weighted by Crippen LogP contribution is 2.23. The first-order valence-corrected chi connectivity index (χ1v) is 6.94. The van der Waals surface area contributed by atoms with E-state index < -0.39 is 0 Å². The van der Waals surface area contributed by atoms with Crippen molar-refractivity contribution in [2.75, 3.05) is 13.1 Å². The standard InChI is InChI=1S/C13H20ClN3O/c1-4-17-12(7-10(3)15-17)13(18)16-6-5-9(2)11(14)8-16/h7,9,11H,4-6,8H2,1-3H3. The van der Waals surface area contributed by atoms with Crippen LogP contribution in [0.4, 0.5) is 0 Å². The van der Waals surface area contributed by atoms with Gasteiger partial charge in [0.25, 0.3) is 5.91 Å². The summed E-state index contributed by atoms with van der Waals surface area (Å²) in [6.07, 6.45) is 0.971. The summed E-state index contributed by atoms with van der Waals surface area (Å²) < 4.78 is 1.76. The lowest BCUT2D eigenvalue weighted by molar-refractivity contribution is 0.0689. The van der Waals surface area contributed by atoms with Crippen LogP contribution >= 0.6 is 11.6 Å². The van der Waals surface area contributed by atoms with Gasteiger partial charge in [0.05, 0.1) is 11.1 Å². The molecule has 2 heterocycles. The largest absolute Gasteiger partial charge is 0.336 e. The van der Waals surface area contributed by atoms with Crippen LogP contribution in [0.1, 0.15) is 36.5 Å². The van der Waals surface area contributed by atoms with E-state index >= 15 is 0 Å². The minimum Gasteiger partial charge on any atom is -0.336 e. The summed E-state index contributed by atoms with van der Waals surface area (Å²) in [6.45, 7) is 8.17. The van der Waals surface area contributed by atoms with Gasteiger partial charge in [-0.3, -0.25) is 9.48 Å². The molecule has 2 unspecified atom stereocenters. The first kappa shape index (κ1) is 13.4. The van der Waals surface area contributed by atoms with Crippen LogP contribution in [0, 0.1) is 12.8 Å². The van der Waals surface area contributed by atoms with Crippen molar-refractivity contribution >= 4 is 17.5 Å². The molecule has 2 atom stereocenters. The second-order valence-electron chi connectivity index (χ2n) is 5.02. The molecule has 2 rings (SSSR count). The van der Waals surface area contributed by atoms with Gasteiger partial charge in [0.2, 0.25) is 0 Å². The molecular weight excluding hydrogens is 250 g/mol. The molecule has 1 aromatic rings. The molecule has 1 fully saturated rings. The number of aromatic nitrogens is 2. The lowest BCUT2D eigenvalue weighted by Gasteiger charge is -2.33. The zero-order valence-electron chi connectivity index (χ0n) is 11.2. The number of aryl methyl sites for hydroxylation is 2. The van der Waals surface area contributed by atoms with Crippen molar-refractivity contribution in [1.29, 1.82) is 0 Å². The summed E-state index contributed by atoms with van der Waals surface area (Å²) in [5.41, 5.74) is 1.56. The fourth-order valence-electron chi connectivity index (χ4n) is 2.33. The third-order valence-electron chi connectivity index (χ3n) is 3.57. The minimum atomic E-state index is 0.0509. The topological polar surface area (TPSA) is 38.1 Å². The average Bonchev–Trinajstić information content (AvgIpc) is 2.73. The van der Waals surface area contributed by atoms with Crippen LogP contribution in [0.15, 0.2) is 6.07 Å². The number of rotatable bonds is 2. The molecule has 0 spiro atoms. The number of hydrogen-bond acceptors (Lipinski definition) is 2. The molecule has 0 aromatic carbocycles. The van der Waals surface area contributed by atoms with E-state index in [9.17, 15) is 4.79 Å². The fourth-order valence-corrected chi connectivity index (χ4v) is 2.62. The molecule has 0 aliphatic carbocycles. The van der Waals surface area contributed by atoms with E-state index in [4.69, 9.17) is 11.6 Å². The van der Waals surface area contributed by atoms with E-state index in [0.717, 1.165) is 18.7 Å². The second-order valence-corrected chi connectivity index (χ2v) is 5.58. The molecule has 0 radical (unpaired) electrons. The van der Waals surface area contributed by atoms with Gasteiger partial charge in [-0.25, -0.2) is 0 Å². The predicted octanol–water partition coefficient (Wildman–Crippen LogP) is 2.30. The Morgan fingerprint density at radius 2 is 2.33 bits per heavy atom. The van der Waals surface area contributed by atoms with Gasteiger partial charge in [-0.05, 0) is 32.3 Å². The van der Waals surface area contributed by atoms with E-state index in [1.54, 1.807) is 4.68 Å². The van der Waals surface area contributed by atoms with Crippen LogP contribution < -0.4 is 0 Å². The molecular formula is C13H20ClN3O. The maximum atomic E-state index is 12.5. The number of hydrogen-bond donors (Lipinski definition) is 0. The number of alkyl halides is 1. The number of carbonyl (C=O) groups is 1. The number of nitrogens with zero attached hydrogens (tertiary/aromatic N) is 3. The van der Waals surface area contributed by atoms with Gasteiger partial charge < -0.3 is 4.90 Å². The SMILES string of the molecule is CCn1nc(C)cc1C(=O)N1CCC(C)C(Cl)C1. The summed E-state index contributed by atoms with van der Waals surface area (Å²) in [6, 6.07) is 1.85. The van der Waals surface area contributed by atoms with Crippen LogP contribution in [0.5, 0.6) is 0 Å². The number of piperidine rings is 1. The molecule has 0 saturated carbocycles. The summed E-state index contributed by atoms with van der Waals surface area (Å²) >= 11 is 6.26. The van der Waals surface area contributed by atoms with Crippen LogP contribution in [0.25, 0.3) is 0 Å². The van der Waals surface area contributed by atoms with Crippen molar-refractivity contribution in [1.82, 2.24) is 14.7 Å². The molecule has 1 aliphatic rings. The van der Waals surface area contributed by atoms with Gasteiger partial charge in [-0.1, -0.05) is 6.92 Å². The summed E-state index contributed by atoms with van der Waals surface area (Å²) in [5.74, 6) is 0.531. The highest BCUT2D eigenvalue weighted by Gasteiger charge is 2.29. The van der Waals surface area contributed by atoms with Crippen molar-refractivity contribution in [2.24, 2.45) is 5.92 Å². The first-order valence-electron chi connectivity index (χ1n) is 6.50. The lowest BCUT2D eigenvalue weighted by Crippen LogP contribution is -2.44. The van der Waals surface area contributed by atoms with Crippen molar-refractivity contribution in [2.45, 2.75) is 39.1 Å². The van der Waals surface area contributed by atoms with E-state index in [-0.39, 0.29) is 11.3 Å². The molecule has 1 saturated heterocycles. The van der Waals surface area contributed by atoms with Crippen LogP contribution in [0.3, 0.4) is 0 Å². The van der Waals surface area contributed by atoms with Crippen molar-refractivity contribution in [3.63, 3.8) is 0 Å². The Balaban J connectivity index is 2.16. The monoisotopic (exact) mass is 269 g/mol. The summed E-state index contributed by atoms with van der Waals surface area (Å²) in [7, 11) is 0. The smallest absolute Gasteiger partial charge is 0.272 e. The maximum Gasteiger partial charge on any atom is 0.272 e. The number of carbonyl (C=O) groups excluding carboxylic acids is 1. The molecule has 4 nitrogen and oxygen atoms in total. The molecule has 1 amide bonds. The van der Waals surface area contributed by atoms with Gasteiger partial charge in [-0.15, -0.1) is 11.6 Å². The lowest BCUT2D eigenvalue weighted by atomic mass is 9.98. The Morgan fingerprint density at radius 1 is 1.61 bits per heavy atom. The van der Waals surface area contributed by atoms with Crippen LogP contribution in [-0.2, 0) is 6.54 Å². The molecule has 18 heavy (non-hydrogen) atoms. The average molecular weight is 270 g/mol. The molecule has 5 heteroatoms. The van der Waals surface area contributed by atoms with E-state index in [2.05, 4.69) is 12.0 Å². The number of likely N-dealkylation sites (tertiary alicyclic amines) is 1. The van der Waals surface area contributed by atoms with Gasteiger partial charge in [0.1, 0.15) is 5.69 Å². The van der Waals surface area contributed by atoms with Crippen LogP contribution in [-0.4, -0.2) is 39.1 Å². The molecule has 0 N–H and O–H groups in total. The third-order valence-corrected chi connectivity index (χ3v) is 4.14. The summed E-state index contributed by atoms with van der Waals surface area (Å²) in [4.78, 5) is 14.3. The fraction of sp³-hybridized carbons (Fsp3) is 0.692. The second kappa shape index (κ2) is 5.31. The van der Waals surface area contributed by atoms with Crippen LogP contribution in [0.2, 0.25) is 0 Å². The zero-order chi connectivity index (χ0) is 13.3. The van der Waals surface area contributed by atoms with E-state index in [1.807, 2.05) is 24.8 Å². The van der Waals surface area contributed by atoms with E-state index in [0.29, 0.717) is 24.7 Å². The minimum absolute atomic E-state index is 0.0509.